The molecule has 0 atom stereocenters. The quantitative estimate of drug-likeness (QED) is 0.414. The summed E-state index contributed by atoms with van der Waals surface area (Å²) in [5.41, 5.74) is 4.29. The normalized spacial score (nSPS) is 14.8. The molecule has 0 aliphatic carbocycles. The Morgan fingerprint density at radius 3 is 2.72 bits per heavy atom. The van der Waals surface area contributed by atoms with E-state index in [9.17, 15) is 10.1 Å². The van der Waals surface area contributed by atoms with Gasteiger partial charge < -0.3 is 15.0 Å². The number of amides is 1. The van der Waals surface area contributed by atoms with Crippen molar-refractivity contribution >= 4 is 40.5 Å². The van der Waals surface area contributed by atoms with Gasteiger partial charge in [0.05, 0.1) is 12.6 Å². The van der Waals surface area contributed by atoms with E-state index in [2.05, 4.69) is 44.0 Å². The summed E-state index contributed by atoms with van der Waals surface area (Å²) in [6.45, 7) is 9.51. The van der Waals surface area contributed by atoms with E-state index in [0.29, 0.717) is 22.0 Å². The second-order valence-electron chi connectivity index (χ2n) is 8.38. The standard InChI is InChI=1S/C26H28ClN3O2/c1-6-10-30-24-14-23(27)18(12-22(24)17(2)15-26(30,3)4)11-19(16-28)25(31)29-20-8-7-9-21(13-20)32-5/h7-9,11-15H,6,10H2,1-5H3,(H,29,31)/b19-11+. The molecule has 166 valence electrons. The van der Waals surface area contributed by atoms with Crippen LogP contribution < -0.4 is 15.0 Å². The number of ether oxygens (including phenoxy) is 1. The third-order valence-electron chi connectivity index (χ3n) is 5.54. The van der Waals surface area contributed by atoms with Crippen molar-refractivity contribution in [3.05, 3.63) is 64.2 Å². The summed E-state index contributed by atoms with van der Waals surface area (Å²) < 4.78 is 5.18. The Bertz CT molecular complexity index is 1140. The molecule has 0 saturated heterocycles. The molecule has 1 aliphatic rings. The highest BCUT2D eigenvalue weighted by molar-refractivity contribution is 6.32. The summed E-state index contributed by atoms with van der Waals surface area (Å²) >= 11 is 6.62. The van der Waals surface area contributed by atoms with E-state index in [1.807, 2.05) is 18.2 Å². The van der Waals surface area contributed by atoms with Gasteiger partial charge in [-0.05, 0) is 68.7 Å². The zero-order chi connectivity index (χ0) is 23.5. The Morgan fingerprint density at radius 1 is 1.31 bits per heavy atom. The van der Waals surface area contributed by atoms with Crippen LogP contribution in [-0.4, -0.2) is 25.1 Å². The fourth-order valence-electron chi connectivity index (χ4n) is 4.06. The third kappa shape index (κ3) is 4.81. The molecule has 2 aromatic rings. The number of halogens is 1. The maximum atomic E-state index is 12.7. The molecule has 0 bridgehead atoms. The smallest absolute Gasteiger partial charge is 0.266 e. The van der Waals surface area contributed by atoms with E-state index in [0.717, 1.165) is 29.8 Å². The summed E-state index contributed by atoms with van der Waals surface area (Å²) in [6.07, 6.45) is 4.79. The molecule has 1 amide bonds. The van der Waals surface area contributed by atoms with Crippen LogP contribution in [0.15, 0.2) is 48.0 Å². The lowest BCUT2D eigenvalue weighted by Gasteiger charge is -2.43. The van der Waals surface area contributed by atoms with Crippen LogP contribution in [0.5, 0.6) is 5.75 Å². The number of methoxy groups -OCH3 is 1. The van der Waals surface area contributed by atoms with Gasteiger partial charge >= 0.3 is 0 Å². The monoisotopic (exact) mass is 449 g/mol. The van der Waals surface area contributed by atoms with Crippen LogP contribution in [0.2, 0.25) is 5.02 Å². The molecule has 2 aromatic carbocycles. The van der Waals surface area contributed by atoms with Gasteiger partial charge in [0, 0.05) is 34.6 Å². The lowest BCUT2D eigenvalue weighted by molar-refractivity contribution is -0.112. The number of nitrogens with zero attached hydrogens (tertiary/aromatic N) is 2. The molecule has 0 fully saturated rings. The molecule has 5 nitrogen and oxygen atoms in total. The first-order valence-corrected chi connectivity index (χ1v) is 11.0. The Morgan fingerprint density at radius 2 is 2.06 bits per heavy atom. The van der Waals surface area contributed by atoms with Crippen LogP contribution in [0.3, 0.4) is 0 Å². The van der Waals surface area contributed by atoms with Crippen molar-refractivity contribution in [2.24, 2.45) is 0 Å². The summed E-state index contributed by atoms with van der Waals surface area (Å²) in [4.78, 5) is 15.1. The van der Waals surface area contributed by atoms with Crippen LogP contribution in [0, 0.1) is 11.3 Å². The summed E-state index contributed by atoms with van der Waals surface area (Å²) in [5.74, 6) is 0.111. The predicted molar refractivity (Wildman–Crippen MR) is 132 cm³/mol. The molecule has 32 heavy (non-hydrogen) atoms. The SMILES string of the molecule is CCCN1c2cc(Cl)c(/C=C(\C#N)C(=O)Nc3cccc(OC)c3)cc2C(C)=CC1(C)C. The molecule has 0 unspecified atom stereocenters. The van der Waals surface area contributed by atoms with E-state index in [1.54, 1.807) is 31.4 Å². The minimum atomic E-state index is -0.504. The van der Waals surface area contributed by atoms with E-state index in [-0.39, 0.29) is 11.1 Å². The van der Waals surface area contributed by atoms with Gasteiger partial charge in [0.2, 0.25) is 0 Å². The number of carbonyl (C=O) groups excluding carboxylic acids is 1. The number of benzene rings is 2. The highest BCUT2D eigenvalue weighted by Crippen LogP contribution is 2.41. The fraction of sp³-hybridized carbons (Fsp3) is 0.308. The molecule has 6 heteroatoms. The van der Waals surface area contributed by atoms with Crippen molar-refractivity contribution in [1.29, 1.82) is 5.26 Å². The molecular formula is C26H28ClN3O2. The average molecular weight is 450 g/mol. The molecule has 0 spiro atoms. The van der Waals surface area contributed by atoms with Gasteiger partial charge in [0.15, 0.2) is 0 Å². The largest absolute Gasteiger partial charge is 0.497 e. The molecule has 1 N–H and O–H groups in total. The minimum absolute atomic E-state index is 0.0298. The Labute approximate surface area is 194 Å². The molecule has 0 saturated carbocycles. The van der Waals surface area contributed by atoms with Crippen LogP contribution in [0.25, 0.3) is 11.6 Å². The second kappa shape index (κ2) is 9.50. The maximum Gasteiger partial charge on any atom is 0.266 e. The maximum absolute atomic E-state index is 12.7. The highest BCUT2D eigenvalue weighted by atomic mass is 35.5. The first kappa shape index (κ1) is 23.4. The van der Waals surface area contributed by atoms with E-state index in [1.165, 1.54) is 6.08 Å². The first-order valence-electron chi connectivity index (χ1n) is 10.6. The number of hydrogen-bond donors (Lipinski definition) is 1. The van der Waals surface area contributed by atoms with Gasteiger partial charge in [0.1, 0.15) is 17.4 Å². The lowest BCUT2D eigenvalue weighted by atomic mass is 9.87. The number of hydrogen-bond acceptors (Lipinski definition) is 4. The Kier molecular flexibility index (Phi) is 6.96. The van der Waals surface area contributed by atoms with E-state index in [4.69, 9.17) is 16.3 Å². The van der Waals surface area contributed by atoms with Gasteiger partial charge in [-0.1, -0.05) is 30.7 Å². The summed E-state index contributed by atoms with van der Waals surface area (Å²) in [5, 5.41) is 12.9. The van der Waals surface area contributed by atoms with E-state index >= 15 is 0 Å². The Balaban J connectivity index is 1.97. The molecule has 1 aliphatic heterocycles. The third-order valence-corrected chi connectivity index (χ3v) is 5.86. The number of nitriles is 1. The first-order chi connectivity index (χ1) is 15.2. The summed E-state index contributed by atoms with van der Waals surface area (Å²) in [6, 6.07) is 12.9. The average Bonchev–Trinajstić information content (AvgIpc) is 2.75. The van der Waals surface area contributed by atoms with Crippen molar-refractivity contribution in [2.75, 3.05) is 23.9 Å². The Hall–Kier alpha value is -3.23. The molecule has 3 rings (SSSR count). The van der Waals surface area contributed by atoms with Crippen molar-refractivity contribution < 1.29 is 9.53 Å². The van der Waals surface area contributed by atoms with Crippen molar-refractivity contribution in [2.45, 2.75) is 39.7 Å². The zero-order valence-corrected chi connectivity index (χ0v) is 19.9. The van der Waals surface area contributed by atoms with Crippen LogP contribution >= 0.6 is 11.6 Å². The number of fused-ring (bicyclic) bond motifs is 1. The van der Waals surface area contributed by atoms with Crippen LogP contribution in [0.1, 0.15) is 45.2 Å². The zero-order valence-electron chi connectivity index (χ0n) is 19.1. The fourth-order valence-corrected chi connectivity index (χ4v) is 4.27. The highest BCUT2D eigenvalue weighted by Gasteiger charge is 2.31. The van der Waals surface area contributed by atoms with Gasteiger partial charge in [-0.15, -0.1) is 0 Å². The van der Waals surface area contributed by atoms with Crippen LogP contribution in [0.4, 0.5) is 11.4 Å². The number of anilines is 2. The second-order valence-corrected chi connectivity index (χ2v) is 8.79. The molecule has 0 aromatic heterocycles. The van der Waals surface area contributed by atoms with Gasteiger partial charge in [-0.3, -0.25) is 4.79 Å². The van der Waals surface area contributed by atoms with Crippen molar-refractivity contribution in [3.63, 3.8) is 0 Å². The summed E-state index contributed by atoms with van der Waals surface area (Å²) in [7, 11) is 1.55. The van der Waals surface area contributed by atoms with Crippen LogP contribution in [-0.2, 0) is 4.79 Å². The van der Waals surface area contributed by atoms with Gasteiger partial charge in [0.25, 0.3) is 5.91 Å². The number of carbonyl (C=O) groups is 1. The number of nitrogens with one attached hydrogen (secondary N) is 1. The lowest BCUT2D eigenvalue weighted by Crippen LogP contribution is -2.45. The minimum Gasteiger partial charge on any atom is -0.497 e. The topological polar surface area (TPSA) is 65.4 Å². The number of allylic oxidation sites excluding steroid dienone is 1. The van der Waals surface area contributed by atoms with Crippen molar-refractivity contribution in [3.8, 4) is 11.8 Å². The van der Waals surface area contributed by atoms with Gasteiger partial charge in [-0.25, -0.2) is 0 Å². The molecule has 0 radical (unpaired) electrons. The molecular weight excluding hydrogens is 422 g/mol. The molecule has 1 heterocycles. The van der Waals surface area contributed by atoms with Crippen molar-refractivity contribution in [1.82, 2.24) is 0 Å². The predicted octanol–water partition coefficient (Wildman–Crippen LogP) is 6.31. The van der Waals surface area contributed by atoms with Gasteiger partial charge in [-0.2, -0.15) is 5.26 Å². The number of rotatable bonds is 6. The van der Waals surface area contributed by atoms with E-state index < -0.39 is 5.91 Å².